The summed E-state index contributed by atoms with van der Waals surface area (Å²) in [5.74, 6) is -0.201. The Labute approximate surface area is 171 Å². The first-order valence-electron chi connectivity index (χ1n) is 8.39. The summed E-state index contributed by atoms with van der Waals surface area (Å²) in [6.45, 7) is 3.38. The fourth-order valence-corrected chi connectivity index (χ4v) is 3.49. The van der Waals surface area contributed by atoms with Gasteiger partial charge in [-0.3, -0.25) is 14.2 Å². The van der Waals surface area contributed by atoms with Crippen LogP contribution in [0.3, 0.4) is 0 Å². The molecule has 0 spiro atoms. The molecule has 7 nitrogen and oxygen atoms in total. The van der Waals surface area contributed by atoms with Crippen molar-refractivity contribution in [2.45, 2.75) is 19.0 Å². The lowest BCUT2D eigenvalue weighted by molar-refractivity contribution is -0.114. The van der Waals surface area contributed by atoms with Crippen molar-refractivity contribution in [1.82, 2.24) is 14.8 Å². The van der Waals surface area contributed by atoms with Crippen molar-refractivity contribution in [3.63, 3.8) is 0 Å². The van der Waals surface area contributed by atoms with Crippen LogP contribution in [0, 0.1) is 6.92 Å². The Kier molecular flexibility index (Phi) is 6.33. The first kappa shape index (κ1) is 19.9. The van der Waals surface area contributed by atoms with E-state index in [0.29, 0.717) is 21.6 Å². The maximum Gasteiger partial charge on any atom is 0.234 e. The third-order valence-corrected chi connectivity index (χ3v) is 4.95. The number of carbonyl (C=O) groups is 2. The summed E-state index contributed by atoms with van der Waals surface area (Å²) >= 11 is 7.40. The second-order valence-corrected chi connectivity index (χ2v) is 7.38. The highest BCUT2D eigenvalue weighted by atomic mass is 35.5. The molecule has 2 amide bonds. The van der Waals surface area contributed by atoms with E-state index in [9.17, 15) is 9.59 Å². The second-order valence-electron chi connectivity index (χ2n) is 6.04. The smallest absolute Gasteiger partial charge is 0.234 e. The SMILES string of the molecule is CC(=O)Nc1cccc(-n2cnnc2SCC(=O)Nc2ccc(C)cc2Cl)c1. The number of aryl methyl sites for hydroxylation is 1. The first-order chi connectivity index (χ1) is 13.4. The molecular weight excluding hydrogens is 398 g/mol. The van der Waals surface area contributed by atoms with Crippen LogP contribution in [0.15, 0.2) is 53.9 Å². The van der Waals surface area contributed by atoms with Crippen LogP contribution in [0.1, 0.15) is 12.5 Å². The van der Waals surface area contributed by atoms with Crippen molar-refractivity contribution in [3.8, 4) is 5.69 Å². The number of hydrogen-bond acceptors (Lipinski definition) is 5. The summed E-state index contributed by atoms with van der Waals surface area (Å²) in [4.78, 5) is 23.5. The van der Waals surface area contributed by atoms with Gasteiger partial charge in [0.15, 0.2) is 5.16 Å². The zero-order chi connectivity index (χ0) is 20.1. The third kappa shape index (κ3) is 5.11. The molecule has 28 heavy (non-hydrogen) atoms. The lowest BCUT2D eigenvalue weighted by Crippen LogP contribution is -2.15. The van der Waals surface area contributed by atoms with E-state index in [1.54, 1.807) is 35.2 Å². The number of amides is 2. The molecule has 1 heterocycles. The number of nitrogens with one attached hydrogen (secondary N) is 2. The van der Waals surface area contributed by atoms with Crippen LogP contribution in [0.5, 0.6) is 0 Å². The molecule has 0 aliphatic heterocycles. The van der Waals surface area contributed by atoms with Gasteiger partial charge in [-0.25, -0.2) is 0 Å². The highest BCUT2D eigenvalue weighted by Crippen LogP contribution is 2.24. The zero-order valence-corrected chi connectivity index (χ0v) is 16.8. The van der Waals surface area contributed by atoms with Crippen molar-refractivity contribution in [2.24, 2.45) is 0 Å². The van der Waals surface area contributed by atoms with E-state index >= 15 is 0 Å². The predicted octanol–water partition coefficient (Wildman–Crippen LogP) is 3.92. The van der Waals surface area contributed by atoms with Crippen LogP contribution in [0.25, 0.3) is 5.69 Å². The minimum absolute atomic E-state index is 0.147. The molecular formula is C19H18ClN5O2S. The third-order valence-electron chi connectivity index (χ3n) is 3.69. The van der Waals surface area contributed by atoms with Crippen molar-refractivity contribution in [1.29, 1.82) is 0 Å². The van der Waals surface area contributed by atoms with Gasteiger partial charge in [-0.05, 0) is 42.8 Å². The van der Waals surface area contributed by atoms with Gasteiger partial charge in [-0.15, -0.1) is 10.2 Å². The van der Waals surface area contributed by atoms with Gasteiger partial charge in [0, 0.05) is 12.6 Å². The zero-order valence-electron chi connectivity index (χ0n) is 15.3. The summed E-state index contributed by atoms with van der Waals surface area (Å²) in [6, 6.07) is 12.7. The number of carbonyl (C=O) groups excluding carboxylic acids is 2. The van der Waals surface area contributed by atoms with Crippen LogP contribution in [0.2, 0.25) is 5.02 Å². The fraction of sp³-hybridized carbons (Fsp3) is 0.158. The molecule has 0 unspecified atom stereocenters. The average Bonchev–Trinajstić information content (AvgIpc) is 3.11. The van der Waals surface area contributed by atoms with Crippen molar-refractivity contribution >= 4 is 46.6 Å². The Hall–Kier alpha value is -2.84. The predicted molar refractivity (Wildman–Crippen MR) is 111 cm³/mol. The Morgan fingerprint density at radius 1 is 1.18 bits per heavy atom. The van der Waals surface area contributed by atoms with Gasteiger partial charge in [-0.1, -0.05) is 35.5 Å². The standard InChI is InChI=1S/C19H18ClN5O2S/c1-12-6-7-17(16(20)8-12)23-18(27)10-28-19-24-21-11-25(19)15-5-3-4-14(9-15)22-13(2)26/h3-9,11H,10H2,1-2H3,(H,22,26)(H,23,27). The molecule has 0 radical (unpaired) electrons. The molecule has 0 atom stereocenters. The van der Waals surface area contributed by atoms with Crippen LogP contribution in [-0.2, 0) is 9.59 Å². The monoisotopic (exact) mass is 415 g/mol. The summed E-state index contributed by atoms with van der Waals surface area (Å²) in [6.07, 6.45) is 1.56. The van der Waals surface area contributed by atoms with Gasteiger partial charge < -0.3 is 10.6 Å². The molecule has 0 saturated heterocycles. The van der Waals surface area contributed by atoms with Gasteiger partial charge in [0.2, 0.25) is 11.8 Å². The fourth-order valence-electron chi connectivity index (χ4n) is 2.47. The number of benzene rings is 2. The molecule has 1 aromatic heterocycles. The summed E-state index contributed by atoms with van der Waals surface area (Å²) < 4.78 is 1.75. The minimum atomic E-state index is -0.197. The molecule has 9 heteroatoms. The molecule has 0 fully saturated rings. The molecule has 0 bridgehead atoms. The van der Waals surface area contributed by atoms with Crippen molar-refractivity contribution in [3.05, 3.63) is 59.4 Å². The van der Waals surface area contributed by atoms with Crippen LogP contribution in [0.4, 0.5) is 11.4 Å². The van der Waals surface area contributed by atoms with Crippen LogP contribution in [-0.4, -0.2) is 32.3 Å². The summed E-state index contributed by atoms with van der Waals surface area (Å²) in [5.41, 5.74) is 3.04. The number of thioether (sulfide) groups is 1. The number of aromatic nitrogens is 3. The van der Waals surface area contributed by atoms with Gasteiger partial charge in [-0.2, -0.15) is 0 Å². The molecule has 2 N–H and O–H groups in total. The van der Waals surface area contributed by atoms with E-state index in [-0.39, 0.29) is 17.6 Å². The maximum atomic E-state index is 12.3. The Bertz CT molecular complexity index is 1020. The first-order valence-corrected chi connectivity index (χ1v) is 9.75. The van der Waals surface area contributed by atoms with Crippen LogP contribution < -0.4 is 10.6 Å². The lowest BCUT2D eigenvalue weighted by Gasteiger charge is -2.10. The Morgan fingerprint density at radius 3 is 2.75 bits per heavy atom. The number of hydrogen-bond donors (Lipinski definition) is 2. The van der Waals surface area contributed by atoms with E-state index in [1.807, 2.05) is 25.1 Å². The van der Waals surface area contributed by atoms with Crippen molar-refractivity contribution in [2.75, 3.05) is 16.4 Å². The quantitative estimate of drug-likeness (QED) is 0.595. The van der Waals surface area contributed by atoms with Gasteiger partial charge in [0.1, 0.15) is 6.33 Å². The lowest BCUT2D eigenvalue weighted by atomic mass is 10.2. The molecule has 0 aliphatic rings. The molecule has 3 rings (SSSR count). The number of halogens is 1. The summed E-state index contributed by atoms with van der Waals surface area (Å²) in [7, 11) is 0. The Morgan fingerprint density at radius 2 is 2.00 bits per heavy atom. The largest absolute Gasteiger partial charge is 0.326 e. The number of rotatable bonds is 6. The van der Waals surface area contributed by atoms with Crippen LogP contribution >= 0.6 is 23.4 Å². The van der Waals surface area contributed by atoms with E-state index in [2.05, 4.69) is 20.8 Å². The number of nitrogens with zero attached hydrogens (tertiary/aromatic N) is 3. The molecule has 0 aliphatic carbocycles. The molecule has 0 saturated carbocycles. The summed E-state index contributed by atoms with van der Waals surface area (Å²) in [5, 5.41) is 14.6. The van der Waals surface area contributed by atoms with Gasteiger partial charge in [0.25, 0.3) is 0 Å². The topological polar surface area (TPSA) is 88.9 Å². The van der Waals surface area contributed by atoms with Gasteiger partial charge in [0.05, 0.1) is 22.2 Å². The second kappa shape index (κ2) is 8.90. The molecule has 2 aromatic carbocycles. The maximum absolute atomic E-state index is 12.3. The van der Waals surface area contributed by atoms with E-state index in [0.717, 1.165) is 11.3 Å². The average molecular weight is 416 g/mol. The number of anilines is 2. The molecule has 3 aromatic rings. The van der Waals surface area contributed by atoms with E-state index in [1.165, 1.54) is 18.7 Å². The van der Waals surface area contributed by atoms with Crippen molar-refractivity contribution < 1.29 is 9.59 Å². The molecule has 144 valence electrons. The minimum Gasteiger partial charge on any atom is -0.326 e. The highest BCUT2D eigenvalue weighted by Gasteiger charge is 2.12. The van der Waals surface area contributed by atoms with E-state index < -0.39 is 0 Å². The normalized spacial score (nSPS) is 10.5. The van der Waals surface area contributed by atoms with E-state index in [4.69, 9.17) is 11.6 Å². The Balaban J connectivity index is 1.67. The van der Waals surface area contributed by atoms with Gasteiger partial charge >= 0.3 is 0 Å². The highest BCUT2D eigenvalue weighted by molar-refractivity contribution is 7.99.